The average Bonchev–Trinajstić information content (AvgIpc) is 3.38. The quantitative estimate of drug-likeness (QED) is 0.610. The lowest BCUT2D eigenvalue weighted by Crippen LogP contribution is -2.21. The van der Waals surface area contributed by atoms with Gasteiger partial charge in [-0.3, -0.25) is 10.00 Å². The van der Waals surface area contributed by atoms with Gasteiger partial charge in [-0.1, -0.05) is 30.0 Å². The van der Waals surface area contributed by atoms with E-state index in [-0.39, 0.29) is 0 Å². The number of nitrogens with zero attached hydrogens (tertiary/aromatic N) is 3. The van der Waals surface area contributed by atoms with E-state index < -0.39 is 12.1 Å². The van der Waals surface area contributed by atoms with E-state index in [0.717, 1.165) is 24.0 Å². The topological polar surface area (TPSA) is 95.3 Å². The van der Waals surface area contributed by atoms with Gasteiger partial charge in [-0.15, -0.1) is 5.10 Å². The molecule has 0 radical (unpaired) electrons. The van der Waals surface area contributed by atoms with E-state index in [0.29, 0.717) is 11.6 Å². The normalized spacial score (nSPS) is 13.7. The lowest BCUT2D eigenvalue weighted by molar-refractivity contribution is -0.192. The number of aromatic nitrogens is 3. The zero-order valence-electron chi connectivity index (χ0n) is 15.2. The lowest BCUT2D eigenvalue weighted by Gasteiger charge is -2.03. The molecule has 11 heteroatoms. The van der Waals surface area contributed by atoms with Crippen LogP contribution in [0.25, 0.3) is 11.6 Å². The van der Waals surface area contributed by atoms with Crippen molar-refractivity contribution in [2.75, 3.05) is 7.05 Å². The van der Waals surface area contributed by atoms with Gasteiger partial charge in [-0.2, -0.15) is 18.2 Å². The largest absolute Gasteiger partial charge is 0.490 e. The van der Waals surface area contributed by atoms with Crippen LogP contribution in [-0.4, -0.2) is 44.4 Å². The molecule has 1 aliphatic rings. The molecule has 0 spiro atoms. The van der Waals surface area contributed by atoms with Gasteiger partial charge in [0.1, 0.15) is 0 Å². The van der Waals surface area contributed by atoms with Gasteiger partial charge in [-0.25, -0.2) is 4.79 Å². The van der Waals surface area contributed by atoms with E-state index in [9.17, 15) is 13.2 Å². The number of aliphatic carboxylic acids is 1. The summed E-state index contributed by atoms with van der Waals surface area (Å²) in [5.41, 5.74) is 4.18. The second kappa shape index (κ2) is 8.70. The number of furan rings is 1. The van der Waals surface area contributed by atoms with Crippen LogP contribution in [0.1, 0.15) is 16.7 Å². The smallest absolute Gasteiger partial charge is 0.475 e. The Morgan fingerprint density at radius 1 is 1.31 bits per heavy atom. The highest BCUT2D eigenvalue weighted by molar-refractivity contribution is 7.98. The Labute approximate surface area is 167 Å². The summed E-state index contributed by atoms with van der Waals surface area (Å²) in [4.78, 5) is 15.7. The molecule has 0 saturated heterocycles. The number of aromatic amines is 1. The second-order valence-electron chi connectivity index (χ2n) is 6.31. The monoisotopic (exact) mass is 426 g/mol. The Kier molecular flexibility index (Phi) is 6.28. The van der Waals surface area contributed by atoms with Gasteiger partial charge >= 0.3 is 12.1 Å². The standard InChI is InChI=1S/C16H16N4OS.C2HF3O2/c1-20-8-12-5-4-11(7-13(12)9-20)10-22-16-17-15(18-19-16)14-3-2-6-21-14;3-2(4,5)1(6)7/h2-7H,8-10H2,1H3,(H,17,18,19);(H,6,7). The Balaban J connectivity index is 0.000000298. The number of hydrogen-bond donors (Lipinski definition) is 2. The van der Waals surface area contributed by atoms with Gasteiger partial charge in [0.2, 0.25) is 5.16 Å². The maximum atomic E-state index is 10.6. The van der Waals surface area contributed by atoms with E-state index in [2.05, 4.69) is 45.3 Å². The number of nitrogens with one attached hydrogen (secondary N) is 1. The number of fused-ring (bicyclic) bond motifs is 1. The number of hydrogen-bond acceptors (Lipinski definition) is 6. The Morgan fingerprint density at radius 3 is 2.69 bits per heavy atom. The van der Waals surface area contributed by atoms with Crippen molar-refractivity contribution in [3.63, 3.8) is 0 Å². The van der Waals surface area contributed by atoms with Crippen molar-refractivity contribution < 1.29 is 27.5 Å². The van der Waals surface area contributed by atoms with Crippen molar-refractivity contribution in [2.24, 2.45) is 0 Å². The minimum atomic E-state index is -5.08. The molecule has 1 aromatic carbocycles. The SMILES string of the molecule is CN1Cc2ccc(CSc3n[nH]c(-c4ccco4)n3)cc2C1.O=C(O)C(F)(F)F. The molecular weight excluding hydrogens is 409 g/mol. The van der Waals surface area contributed by atoms with E-state index in [1.807, 2.05) is 12.1 Å². The van der Waals surface area contributed by atoms with Crippen LogP contribution in [0.15, 0.2) is 46.2 Å². The molecule has 0 bridgehead atoms. The molecule has 0 atom stereocenters. The molecule has 4 rings (SSSR count). The summed E-state index contributed by atoms with van der Waals surface area (Å²) in [5.74, 6) is -0.512. The molecule has 0 aliphatic carbocycles. The van der Waals surface area contributed by atoms with Crippen LogP contribution in [-0.2, 0) is 23.6 Å². The Hall–Kier alpha value is -2.79. The van der Waals surface area contributed by atoms with Crippen LogP contribution < -0.4 is 0 Å². The number of carbonyl (C=O) groups is 1. The fourth-order valence-electron chi connectivity index (χ4n) is 2.69. The van der Waals surface area contributed by atoms with Gasteiger partial charge in [0, 0.05) is 18.8 Å². The molecular formula is C18H17F3N4O3S. The van der Waals surface area contributed by atoms with E-state index in [4.69, 9.17) is 14.3 Å². The van der Waals surface area contributed by atoms with Crippen molar-refractivity contribution >= 4 is 17.7 Å². The molecule has 2 N–H and O–H groups in total. The summed E-state index contributed by atoms with van der Waals surface area (Å²) in [6, 6.07) is 10.4. The summed E-state index contributed by atoms with van der Waals surface area (Å²) in [6.45, 7) is 2.09. The van der Waals surface area contributed by atoms with E-state index in [1.54, 1.807) is 18.0 Å². The fraction of sp³-hybridized carbons (Fsp3) is 0.278. The number of carboxylic acids is 1. The van der Waals surface area contributed by atoms with Crippen LogP contribution in [0.4, 0.5) is 13.2 Å². The first-order valence-corrected chi connectivity index (χ1v) is 9.39. The zero-order valence-corrected chi connectivity index (χ0v) is 16.0. The minimum absolute atomic E-state index is 0.670. The first-order valence-electron chi connectivity index (χ1n) is 8.41. The lowest BCUT2D eigenvalue weighted by atomic mass is 10.1. The third kappa shape index (κ3) is 5.61. The van der Waals surface area contributed by atoms with E-state index in [1.165, 1.54) is 16.7 Å². The minimum Gasteiger partial charge on any atom is -0.475 e. The molecule has 29 heavy (non-hydrogen) atoms. The number of carboxylic acid groups (broad SMARTS) is 1. The predicted octanol–water partition coefficient (Wildman–Crippen LogP) is 3.94. The first kappa shape index (κ1) is 20.9. The maximum absolute atomic E-state index is 10.6. The molecule has 3 heterocycles. The molecule has 0 saturated carbocycles. The van der Waals surface area contributed by atoms with Gasteiger partial charge in [0.05, 0.1) is 6.26 Å². The molecule has 2 aromatic heterocycles. The fourth-order valence-corrected chi connectivity index (χ4v) is 3.43. The van der Waals surface area contributed by atoms with Crippen LogP contribution in [0.5, 0.6) is 0 Å². The molecule has 1 aliphatic heterocycles. The third-order valence-electron chi connectivity index (χ3n) is 3.98. The van der Waals surface area contributed by atoms with Crippen molar-refractivity contribution in [3.05, 3.63) is 53.3 Å². The molecule has 7 nitrogen and oxygen atoms in total. The summed E-state index contributed by atoms with van der Waals surface area (Å²) in [5, 5.41) is 15.0. The Morgan fingerprint density at radius 2 is 2.03 bits per heavy atom. The first-order chi connectivity index (χ1) is 13.7. The zero-order chi connectivity index (χ0) is 21.0. The van der Waals surface area contributed by atoms with Gasteiger partial charge < -0.3 is 9.52 Å². The van der Waals surface area contributed by atoms with Crippen LogP contribution in [0, 0.1) is 0 Å². The molecule has 3 aromatic rings. The van der Waals surface area contributed by atoms with Gasteiger partial charge in [0.25, 0.3) is 0 Å². The van der Waals surface area contributed by atoms with Crippen LogP contribution in [0.2, 0.25) is 0 Å². The number of rotatable bonds is 4. The van der Waals surface area contributed by atoms with Crippen molar-refractivity contribution in [1.29, 1.82) is 0 Å². The summed E-state index contributed by atoms with van der Waals surface area (Å²) in [7, 11) is 2.15. The highest BCUT2D eigenvalue weighted by atomic mass is 32.2. The predicted molar refractivity (Wildman–Crippen MR) is 98.9 cm³/mol. The number of thioether (sulfide) groups is 1. The number of halogens is 3. The van der Waals surface area contributed by atoms with Crippen LogP contribution >= 0.6 is 11.8 Å². The van der Waals surface area contributed by atoms with Gasteiger partial charge in [0.15, 0.2) is 11.6 Å². The van der Waals surface area contributed by atoms with E-state index >= 15 is 0 Å². The highest BCUT2D eigenvalue weighted by Gasteiger charge is 2.38. The molecule has 0 fully saturated rings. The second-order valence-corrected chi connectivity index (χ2v) is 7.25. The molecule has 0 unspecified atom stereocenters. The number of alkyl halides is 3. The van der Waals surface area contributed by atoms with Crippen molar-refractivity contribution in [1.82, 2.24) is 20.1 Å². The maximum Gasteiger partial charge on any atom is 0.490 e. The third-order valence-corrected chi connectivity index (χ3v) is 4.90. The van der Waals surface area contributed by atoms with Crippen molar-refractivity contribution in [2.45, 2.75) is 30.2 Å². The summed E-state index contributed by atoms with van der Waals surface area (Å²) in [6.07, 6.45) is -3.45. The summed E-state index contributed by atoms with van der Waals surface area (Å²) >= 11 is 1.63. The van der Waals surface area contributed by atoms with Gasteiger partial charge in [-0.05, 0) is 35.9 Å². The number of H-pyrrole nitrogens is 1. The summed E-state index contributed by atoms with van der Waals surface area (Å²) < 4.78 is 37.0. The molecule has 154 valence electrons. The van der Waals surface area contributed by atoms with Crippen LogP contribution in [0.3, 0.4) is 0 Å². The Bertz CT molecular complexity index is 973. The number of benzene rings is 1. The van der Waals surface area contributed by atoms with Crippen molar-refractivity contribution in [3.8, 4) is 11.6 Å². The average molecular weight is 426 g/mol. The molecule has 0 amide bonds. The highest BCUT2D eigenvalue weighted by Crippen LogP contribution is 2.26.